The Balaban J connectivity index is 2.67. The minimum atomic E-state index is -0.768. The molecular weight excluding hydrogens is 265 g/mol. The minimum absolute atomic E-state index is 0.305. The lowest BCUT2D eigenvalue weighted by molar-refractivity contribution is -0.384. The van der Waals surface area contributed by atoms with Gasteiger partial charge in [0.1, 0.15) is 5.82 Å². The number of carbonyl (C=O) groups excluding carboxylic acids is 1. The summed E-state index contributed by atoms with van der Waals surface area (Å²) >= 11 is 0. The second-order valence-electron chi connectivity index (χ2n) is 4.20. The lowest BCUT2D eigenvalue weighted by atomic mass is 10.1. The molecule has 0 aliphatic heterocycles. The van der Waals surface area contributed by atoms with Gasteiger partial charge in [-0.15, -0.1) is 0 Å². The third kappa shape index (κ3) is 4.27. The molecular formula is C13H18FN3O3. The van der Waals surface area contributed by atoms with E-state index >= 15 is 0 Å². The van der Waals surface area contributed by atoms with Gasteiger partial charge in [0.25, 0.3) is 11.6 Å². The van der Waals surface area contributed by atoms with Crippen molar-refractivity contribution in [1.82, 2.24) is 10.2 Å². The molecule has 0 fully saturated rings. The number of likely N-dealkylation sites (N-methyl/N-ethyl adjacent to an activating group) is 1. The van der Waals surface area contributed by atoms with Crippen LogP contribution in [-0.2, 0) is 0 Å². The summed E-state index contributed by atoms with van der Waals surface area (Å²) in [6.45, 7) is 6.74. The standard InChI is InChI=1S/C13H18FN3O3/c1-3-16(4-2)8-7-15-13(18)11-9-10(17(19)20)5-6-12(11)14/h5-6,9H,3-4,7-8H2,1-2H3,(H,15,18). The Kier molecular flexibility index (Phi) is 6.05. The van der Waals surface area contributed by atoms with E-state index in [0.717, 1.165) is 31.3 Å². The van der Waals surface area contributed by atoms with Crippen molar-refractivity contribution >= 4 is 11.6 Å². The van der Waals surface area contributed by atoms with E-state index in [2.05, 4.69) is 10.2 Å². The molecule has 0 aliphatic rings. The van der Waals surface area contributed by atoms with Gasteiger partial charge in [-0.05, 0) is 19.2 Å². The van der Waals surface area contributed by atoms with Gasteiger partial charge < -0.3 is 10.2 Å². The lowest BCUT2D eigenvalue weighted by Gasteiger charge is -2.17. The molecule has 7 heteroatoms. The molecule has 1 amide bonds. The van der Waals surface area contributed by atoms with Gasteiger partial charge in [0.2, 0.25) is 0 Å². The molecule has 0 heterocycles. The van der Waals surface area contributed by atoms with E-state index in [1.165, 1.54) is 0 Å². The van der Waals surface area contributed by atoms with E-state index in [0.29, 0.717) is 13.1 Å². The van der Waals surface area contributed by atoms with Crippen molar-refractivity contribution in [3.63, 3.8) is 0 Å². The van der Waals surface area contributed by atoms with Gasteiger partial charge in [-0.25, -0.2) is 4.39 Å². The van der Waals surface area contributed by atoms with Gasteiger partial charge in [0, 0.05) is 25.2 Å². The van der Waals surface area contributed by atoms with E-state index in [9.17, 15) is 19.3 Å². The van der Waals surface area contributed by atoms with Gasteiger partial charge in [0.05, 0.1) is 10.5 Å². The Labute approximate surface area is 116 Å². The molecule has 0 aromatic heterocycles. The fourth-order valence-corrected chi connectivity index (χ4v) is 1.76. The number of halogens is 1. The molecule has 0 saturated carbocycles. The summed E-state index contributed by atoms with van der Waals surface area (Å²) in [5, 5.41) is 13.2. The Morgan fingerprint density at radius 2 is 2.05 bits per heavy atom. The largest absolute Gasteiger partial charge is 0.351 e. The van der Waals surface area contributed by atoms with Crippen molar-refractivity contribution in [2.45, 2.75) is 13.8 Å². The molecule has 110 valence electrons. The number of benzene rings is 1. The average Bonchev–Trinajstić information content (AvgIpc) is 2.43. The first-order chi connectivity index (χ1) is 9.49. The number of hydrogen-bond acceptors (Lipinski definition) is 4. The zero-order valence-corrected chi connectivity index (χ0v) is 11.6. The fraction of sp³-hybridized carbons (Fsp3) is 0.462. The summed E-state index contributed by atoms with van der Waals surface area (Å²) in [7, 11) is 0. The Morgan fingerprint density at radius 3 is 2.60 bits per heavy atom. The second-order valence-corrected chi connectivity index (χ2v) is 4.20. The maximum Gasteiger partial charge on any atom is 0.270 e. The SMILES string of the molecule is CCN(CC)CCNC(=O)c1cc([N+](=O)[O-])ccc1F. The highest BCUT2D eigenvalue weighted by Gasteiger charge is 2.16. The number of nitro groups is 1. The second kappa shape index (κ2) is 7.54. The number of non-ortho nitro benzene ring substituents is 1. The molecule has 20 heavy (non-hydrogen) atoms. The highest BCUT2D eigenvalue weighted by atomic mass is 19.1. The molecule has 0 saturated heterocycles. The van der Waals surface area contributed by atoms with E-state index in [1.54, 1.807) is 0 Å². The van der Waals surface area contributed by atoms with Crippen LogP contribution < -0.4 is 5.32 Å². The number of carbonyl (C=O) groups is 1. The third-order valence-electron chi connectivity index (χ3n) is 3.01. The molecule has 1 aromatic rings. The van der Waals surface area contributed by atoms with Crippen LogP contribution in [0.2, 0.25) is 0 Å². The van der Waals surface area contributed by atoms with E-state index in [-0.39, 0.29) is 11.3 Å². The molecule has 0 atom stereocenters. The van der Waals surface area contributed by atoms with Gasteiger partial charge in [-0.3, -0.25) is 14.9 Å². The third-order valence-corrected chi connectivity index (χ3v) is 3.01. The van der Waals surface area contributed by atoms with Gasteiger partial charge in [0.15, 0.2) is 0 Å². The van der Waals surface area contributed by atoms with Crippen LogP contribution in [0.3, 0.4) is 0 Å². The smallest absolute Gasteiger partial charge is 0.270 e. The summed E-state index contributed by atoms with van der Waals surface area (Å²) in [6.07, 6.45) is 0. The van der Waals surface area contributed by atoms with Crippen molar-refractivity contribution in [3.8, 4) is 0 Å². The topological polar surface area (TPSA) is 75.5 Å². The molecule has 0 aliphatic carbocycles. The van der Waals surface area contributed by atoms with Crippen LogP contribution in [0.25, 0.3) is 0 Å². The molecule has 1 rings (SSSR count). The zero-order chi connectivity index (χ0) is 15.1. The van der Waals surface area contributed by atoms with E-state index in [4.69, 9.17) is 0 Å². The number of amides is 1. The predicted molar refractivity (Wildman–Crippen MR) is 73.2 cm³/mol. The van der Waals surface area contributed by atoms with Gasteiger partial charge >= 0.3 is 0 Å². The van der Waals surface area contributed by atoms with Gasteiger partial charge in [-0.2, -0.15) is 0 Å². The van der Waals surface area contributed by atoms with Gasteiger partial charge in [-0.1, -0.05) is 13.8 Å². The highest BCUT2D eigenvalue weighted by molar-refractivity contribution is 5.95. The number of rotatable bonds is 7. The van der Waals surface area contributed by atoms with Crippen LogP contribution in [0.4, 0.5) is 10.1 Å². The maximum atomic E-state index is 13.5. The molecule has 1 N–H and O–H groups in total. The molecule has 0 unspecified atom stereocenters. The quantitative estimate of drug-likeness (QED) is 0.611. The lowest BCUT2D eigenvalue weighted by Crippen LogP contribution is -2.35. The van der Waals surface area contributed by atoms with Crippen molar-refractivity contribution < 1.29 is 14.1 Å². The first kappa shape index (κ1) is 16.0. The normalized spacial score (nSPS) is 10.6. The van der Waals surface area contributed by atoms with Crippen molar-refractivity contribution in [2.24, 2.45) is 0 Å². The number of hydrogen-bond donors (Lipinski definition) is 1. The van der Waals surface area contributed by atoms with Crippen molar-refractivity contribution in [1.29, 1.82) is 0 Å². The zero-order valence-electron chi connectivity index (χ0n) is 11.6. The molecule has 0 bridgehead atoms. The first-order valence-electron chi connectivity index (χ1n) is 6.44. The van der Waals surface area contributed by atoms with Crippen molar-refractivity contribution in [2.75, 3.05) is 26.2 Å². The summed E-state index contributed by atoms with van der Waals surface area (Å²) in [5.74, 6) is -1.41. The monoisotopic (exact) mass is 283 g/mol. The number of nitro benzene ring substituents is 1. The molecule has 0 spiro atoms. The Morgan fingerprint density at radius 1 is 1.40 bits per heavy atom. The molecule has 0 radical (unpaired) electrons. The van der Waals surface area contributed by atoms with Crippen LogP contribution in [0.5, 0.6) is 0 Å². The minimum Gasteiger partial charge on any atom is -0.351 e. The molecule has 1 aromatic carbocycles. The van der Waals surface area contributed by atoms with Crippen LogP contribution in [0.15, 0.2) is 18.2 Å². The van der Waals surface area contributed by atoms with Crippen LogP contribution >= 0.6 is 0 Å². The summed E-state index contributed by atoms with van der Waals surface area (Å²) in [4.78, 5) is 23.9. The number of nitrogens with zero attached hydrogens (tertiary/aromatic N) is 2. The highest BCUT2D eigenvalue weighted by Crippen LogP contribution is 2.16. The maximum absolute atomic E-state index is 13.5. The number of nitrogens with one attached hydrogen (secondary N) is 1. The van der Waals surface area contributed by atoms with E-state index in [1.807, 2.05) is 13.8 Å². The van der Waals surface area contributed by atoms with E-state index < -0.39 is 16.6 Å². The van der Waals surface area contributed by atoms with Crippen molar-refractivity contribution in [3.05, 3.63) is 39.7 Å². The van der Waals surface area contributed by atoms with Crippen LogP contribution in [0, 0.1) is 15.9 Å². The molecule has 6 nitrogen and oxygen atoms in total. The van der Waals surface area contributed by atoms with Crippen LogP contribution in [-0.4, -0.2) is 41.9 Å². The summed E-state index contributed by atoms with van der Waals surface area (Å²) < 4.78 is 13.5. The summed E-state index contributed by atoms with van der Waals surface area (Å²) in [6, 6.07) is 2.90. The fourth-order valence-electron chi connectivity index (χ4n) is 1.76. The Hall–Kier alpha value is -2.02. The average molecular weight is 283 g/mol. The van der Waals surface area contributed by atoms with Crippen LogP contribution in [0.1, 0.15) is 24.2 Å². The predicted octanol–water partition coefficient (Wildman–Crippen LogP) is 1.81. The Bertz CT molecular complexity index is 490. The summed E-state index contributed by atoms with van der Waals surface area (Å²) in [5.41, 5.74) is -0.612. The first-order valence-corrected chi connectivity index (χ1v) is 6.44.